The molecule has 1 N–H and O–H groups in total. The Morgan fingerprint density at radius 1 is 1.32 bits per heavy atom. The van der Waals surface area contributed by atoms with Crippen LogP contribution in [0.4, 0.5) is 0 Å². The average Bonchev–Trinajstić information content (AvgIpc) is 2.48. The van der Waals surface area contributed by atoms with Gasteiger partial charge < -0.3 is 10.0 Å². The van der Waals surface area contributed by atoms with Crippen LogP contribution in [0.5, 0.6) is 0 Å². The summed E-state index contributed by atoms with van der Waals surface area (Å²) in [4.78, 5) is 15.8. The van der Waals surface area contributed by atoms with Gasteiger partial charge in [-0.25, -0.2) is 0 Å². The summed E-state index contributed by atoms with van der Waals surface area (Å²) in [5.41, 5.74) is 1.31. The fourth-order valence-electron chi connectivity index (χ4n) is 2.63. The SMILES string of the molecule is CC[C@H]1CN(C(=O)CO)CCN1Cc1ccccc1. The van der Waals surface area contributed by atoms with Crippen molar-refractivity contribution in [3.8, 4) is 0 Å². The van der Waals surface area contributed by atoms with E-state index in [0.717, 1.165) is 26.1 Å². The lowest BCUT2D eigenvalue weighted by Gasteiger charge is -2.41. The molecule has 0 saturated carbocycles. The summed E-state index contributed by atoms with van der Waals surface area (Å²) in [6, 6.07) is 10.8. The van der Waals surface area contributed by atoms with E-state index in [1.165, 1.54) is 5.56 Å². The van der Waals surface area contributed by atoms with E-state index in [0.29, 0.717) is 12.6 Å². The summed E-state index contributed by atoms with van der Waals surface area (Å²) in [6.45, 7) is 5.01. The van der Waals surface area contributed by atoms with E-state index in [9.17, 15) is 4.79 Å². The predicted molar refractivity (Wildman–Crippen MR) is 74.6 cm³/mol. The highest BCUT2D eigenvalue weighted by Gasteiger charge is 2.27. The minimum atomic E-state index is -0.380. The zero-order valence-electron chi connectivity index (χ0n) is 11.5. The lowest BCUT2D eigenvalue weighted by atomic mass is 10.1. The Balaban J connectivity index is 1.97. The summed E-state index contributed by atoms with van der Waals surface area (Å²) in [5, 5.41) is 8.94. The highest BCUT2D eigenvalue weighted by atomic mass is 16.3. The van der Waals surface area contributed by atoms with E-state index in [2.05, 4.69) is 36.1 Å². The summed E-state index contributed by atoms with van der Waals surface area (Å²) in [6.07, 6.45) is 1.02. The van der Waals surface area contributed by atoms with Crippen LogP contribution in [0.1, 0.15) is 18.9 Å². The number of rotatable bonds is 4. The molecule has 0 radical (unpaired) electrons. The maximum Gasteiger partial charge on any atom is 0.248 e. The van der Waals surface area contributed by atoms with Gasteiger partial charge in [0.15, 0.2) is 0 Å². The van der Waals surface area contributed by atoms with Crippen LogP contribution < -0.4 is 0 Å². The molecular formula is C15H22N2O2. The molecule has 0 aromatic heterocycles. The van der Waals surface area contributed by atoms with E-state index in [1.54, 1.807) is 4.90 Å². The minimum Gasteiger partial charge on any atom is -0.387 e. The molecule has 1 fully saturated rings. The fraction of sp³-hybridized carbons (Fsp3) is 0.533. The molecule has 1 aromatic carbocycles. The monoisotopic (exact) mass is 262 g/mol. The van der Waals surface area contributed by atoms with Crippen molar-refractivity contribution in [1.82, 2.24) is 9.80 Å². The van der Waals surface area contributed by atoms with Crippen molar-refractivity contribution in [3.63, 3.8) is 0 Å². The largest absolute Gasteiger partial charge is 0.387 e. The Labute approximate surface area is 114 Å². The second-order valence-electron chi connectivity index (χ2n) is 5.02. The second kappa shape index (κ2) is 6.68. The van der Waals surface area contributed by atoms with Crippen LogP contribution in [0.15, 0.2) is 30.3 Å². The van der Waals surface area contributed by atoms with E-state index in [-0.39, 0.29) is 12.5 Å². The molecule has 4 heteroatoms. The second-order valence-corrected chi connectivity index (χ2v) is 5.02. The molecule has 1 aliphatic rings. The number of benzene rings is 1. The number of carbonyl (C=O) groups excluding carboxylic acids is 1. The number of amides is 1. The first-order valence-corrected chi connectivity index (χ1v) is 6.91. The zero-order valence-corrected chi connectivity index (χ0v) is 11.5. The fourth-order valence-corrected chi connectivity index (χ4v) is 2.63. The normalized spacial score (nSPS) is 20.5. The third-order valence-corrected chi connectivity index (χ3v) is 3.79. The summed E-state index contributed by atoms with van der Waals surface area (Å²) in [5.74, 6) is -0.155. The molecule has 4 nitrogen and oxygen atoms in total. The molecule has 0 spiro atoms. The maximum atomic E-state index is 11.6. The van der Waals surface area contributed by atoms with Crippen LogP contribution >= 0.6 is 0 Å². The average molecular weight is 262 g/mol. The van der Waals surface area contributed by atoms with Crippen molar-refractivity contribution in [1.29, 1.82) is 0 Å². The van der Waals surface area contributed by atoms with Crippen LogP contribution in [0.25, 0.3) is 0 Å². The van der Waals surface area contributed by atoms with E-state index >= 15 is 0 Å². The quantitative estimate of drug-likeness (QED) is 0.884. The van der Waals surface area contributed by atoms with Crippen molar-refractivity contribution < 1.29 is 9.90 Å². The molecule has 19 heavy (non-hydrogen) atoms. The third kappa shape index (κ3) is 3.55. The third-order valence-electron chi connectivity index (χ3n) is 3.79. The van der Waals surface area contributed by atoms with Gasteiger partial charge in [0.1, 0.15) is 6.61 Å². The number of hydrogen-bond acceptors (Lipinski definition) is 3. The van der Waals surface area contributed by atoms with Crippen LogP contribution in [0.2, 0.25) is 0 Å². The number of hydrogen-bond donors (Lipinski definition) is 1. The van der Waals surface area contributed by atoms with Gasteiger partial charge in [0, 0.05) is 32.2 Å². The summed E-state index contributed by atoms with van der Waals surface area (Å²) >= 11 is 0. The van der Waals surface area contributed by atoms with Gasteiger partial charge in [0.2, 0.25) is 5.91 Å². The van der Waals surface area contributed by atoms with Crippen molar-refractivity contribution >= 4 is 5.91 Å². The molecule has 104 valence electrons. The molecule has 1 saturated heterocycles. The van der Waals surface area contributed by atoms with Crippen molar-refractivity contribution in [2.75, 3.05) is 26.2 Å². The molecule has 0 unspecified atom stereocenters. The van der Waals surface area contributed by atoms with Crippen LogP contribution in [0, 0.1) is 0 Å². The van der Waals surface area contributed by atoms with Gasteiger partial charge in [0.05, 0.1) is 0 Å². The maximum absolute atomic E-state index is 11.6. The number of aliphatic hydroxyl groups is 1. The molecule has 2 rings (SSSR count). The number of piperazine rings is 1. The first kappa shape index (κ1) is 14.0. The van der Waals surface area contributed by atoms with Gasteiger partial charge in [-0.15, -0.1) is 0 Å². The minimum absolute atomic E-state index is 0.155. The van der Waals surface area contributed by atoms with E-state index < -0.39 is 0 Å². The molecule has 0 aliphatic carbocycles. The van der Waals surface area contributed by atoms with Gasteiger partial charge >= 0.3 is 0 Å². The molecule has 1 atom stereocenters. The van der Waals surface area contributed by atoms with Crippen LogP contribution in [-0.2, 0) is 11.3 Å². The zero-order chi connectivity index (χ0) is 13.7. The summed E-state index contributed by atoms with van der Waals surface area (Å²) < 4.78 is 0. The van der Waals surface area contributed by atoms with Crippen molar-refractivity contribution in [2.24, 2.45) is 0 Å². The van der Waals surface area contributed by atoms with Gasteiger partial charge in [-0.3, -0.25) is 9.69 Å². The lowest BCUT2D eigenvalue weighted by Crippen LogP contribution is -2.54. The Morgan fingerprint density at radius 3 is 2.68 bits per heavy atom. The Bertz CT molecular complexity index is 408. The van der Waals surface area contributed by atoms with Gasteiger partial charge in [-0.2, -0.15) is 0 Å². The standard InChI is InChI=1S/C15H22N2O2/c1-2-14-11-17(15(19)12-18)9-8-16(14)10-13-6-4-3-5-7-13/h3-7,14,18H,2,8-12H2,1H3/t14-/m0/s1. The molecule has 0 bridgehead atoms. The van der Waals surface area contributed by atoms with Crippen LogP contribution in [-0.4, -0.2) is 53.1 Å². The molecular weight excluding hydrogens is 240 g/mol. The van der Waals surface area contributed by atoms with Gasteiger partial charge in [-0.1, -0.05) is 37.3 Å². The molecule has 1 heterocycles. The predicted octanol–water partition coefficient (Wildman–Crippen LogP) is 1.10. The first-order valence-electron chi connectivity index (χ1n) is 6.91. The Kier molecular flexibility index (Phi) is 4.93. The topological polar surface area (TPSA) is 43.8 Å². The summed E-state index contributed by atoms with van der Waals surface area (Å²) in [7, 11) is 0. The number of nitrogens with zero attached hydrogens (tertiary/aromatic N) is 2. The van der Waals surface area contributed by atoms with Gasteiger partial charge in [0.25, 0.3) is 0 Å². The highest BCUT2D eigenvalue weighted by Crippen LogP contribution is 2.16. The van der Waals surface area contributed by atoms with Gasteiger partial charge in [-0.05, 0) is 12.0 Å². The Morgan fingerprint density at radius 2 is 2.05 bits per heavy atom. The lowest BCUT2D eigenvalue weighted by molar-refractivity contribution is -0.137. The van der Waals surface area contributed by atoms with Crippen LogP contribution in [0.3, 0.4) is 0 Å². The number of aliphatic hydroxyl groups excluding tert-OH is 1. The van der Waals surface area contributed by atoms with E-state index in [4.69, 9.17) is 5.11 Å². The highest BCUT2D eigenvalue weighted by molar-refractivity contribution is 5.77. The smallest absolute Gasteiger partial charge is 0.248 e. The van der Waals surface area contributed by atoms with E-state index in [1.807, 2.05) is 6.07 Å². The number of carbonyl (C=O) groups is 1. The van der Waals surface area contributed by atoms with Crippen molar-refractivity contribution in [2.45, 2.75) is 25.9 Å². The first-order chi connectivity index (χ1) is 9.24. The molecule has 1 aromatic rings. The molecule has 1 aliphatic heterocycles. The van der Waals surface area contributed by atoms with Crippen molar-refractivity contribution in [3.05, 3.63) is 35.9 Å². The Hall–Kier alpha value is -1.39. The molecule has 1 amide bonds.